The minimum absolute atomic E-state index is 0.229. The van der Waals surface area contributed by atoms with Crippen molar-refractivity contribution in [2.24, 2.45) is 0 Å². The molecule has 1 aliphatic rings. The molecule has 0 aromatic heterocycles. The number of rotatable bonds is 2. The van der Waals surface area contributed by atoms with E-state index >= 15 is 0 Å². The van der Waals surface area contributed by atoms with Gasteiger partial charge < -0.3 is 0 Å². The number of hydroxylamine groups is 2. The molecule has 6 nitrogen and oxygen atoms in total. The molecule has 0 aromatic carbocycles. The molecule has 0 spiro atoms. The zero-order valence-electron chi connectivity index (χ0n) is 10.8. The normalized spacial score (nSPS) is 27.9. The highest BCUT2D eigenvalue weighted by Crippen LogP contribution is 2.44. The van der Waals surface area contributed by atoms with Crippen LogP contribution >= 0.6 is 0 Å². The van der Waals surface area contributed by atoms with E-state index in [0.717, 1.165) is 5.06 Å². The molecule has 0 bridgehead atoms. The van der Waals surface area contributed by atoms with E-state index < -0.39 is 27.1 Å². The predicted molar refractivity (Wildman–Crippen MR) is 61.0 cm³/mol. The van der Waals surface area contributed by atoms with Crippen LogP contribution in [0.1, 0.15) is 47.5 Å². The second-order valence-electron chi connectivity index (χ2n) is 6.23. The van der Waals surface area contributed by atoms with Gasteiger partial charge in [-0.25, -0.2) is 4.18 Å². The zero-order valence-corrected chi connectivity index (χ0v) is 11.7. The van der Waals surface area contributed by atoms with E-state index in [9.17, 15) is 13.6 Å². The van der Waals surface area contributed by atoms with Crippen LogP contribution in [0.5, 0.6) is 0 Å². The van der Waals surface area contributed by atoms with Gasteiger partial charge in [0, 0.05) is 11.1 Å². The highest BCUT2D eigenvalue weighted by atomic mass is 32.3. The molecule has 1 fully saturated rings. The fourth-order valence-corrected chi connectivity index (χ4v) is 3.80. The number of piperidine rings is 1. The average Bonchev–Trinajstić information content (AvgIpc) is 1.92. The fraction of sp³-hybridized carbons (Fsp3) is 1.00. The predicted octanol–water partition coefficient (Wildman–Crippen LogP) is 1.56. The van der Waals surface area contributed by atoms with Crippen molar-refractivity contribution in [1.82, 2.24) is 5.06 Å². The second-order valence-corrected chi connectivity index (χ2v) is 7.26. The quantitative estimate of drug-likeness (QED) is 0.766. The molecule has 1 N–H and O–H groups in total. The van der Waals surface area contributed by atoms with Crippen LogP contribution in [0.2, 0.25) is 0 Å². The van der Waals surface area contributed by atoms with Crippen molar-refractivity contribution in [3.63, 3.8) is 0 Å². The van der Waals surface area contributed by atoms with E-state index in [2.05, 4.69) is 0 Å². The molecule has 0 saturated carbocycles. The molecule has 101 valence electrons. The molecule has 1 saturated heterocycles. The van der Waals surface area contributed by atoms with E-state index in [4.69, 9.17) is 8.74 Å². The molecule has 17 heavy (non-hydrogen) atoms. The van der Waals surface area contributed by atoms with Crippen LogP contribution in [-0.2, 0) is 19.8 Å². The summed E-state index contributed by atoms with van der Waals surface area (Å²) in [5.41, 5.74) is -2.57. The first-order valence-corrected chi connectivity index (χ1v) is 6.80. The van der Waals surface area contributed by atoms with Gasteiger partial charge >= 0.3 is 10.4 Å². The van der Waals surface area contributed by atoms with Crippen molar-refractivity contribution in [1.29, 1.82) is 0 Å². The minimum Gasteiger partial charge on any atom is -0.264 e. The van der Waals surface area contributed by atoms with E-state index in [1.807, 2.05) is 0 Å². The number of hydrogen-bond acceptors (Lipinski definition) is 4. The van der Waals surface area contributed by atoms with Gasteiger partial charge in [-0.15, -0.1) is 10.3 Å². The lowest BCUT2D eigenvalue weighted by Crippen LogP contribution is -2.63. The summed E-state index contributed by atoms with van der Waals surface area (Å²) in [5, 5.41) is 13.0. The van der Waals surface area contributed by atoms with Gasteiger partial charge in [0.2, 0.25) is 0 Å². The summed E-state index contributed by atoms with van der Waals surface area (Å²) >= 11 is 0. The van der Waals surface area contributed by atoms with Gasteiger partial charge in [0.1, 0.15) is 0 Å². The van der Waals surface area contributed by atoms with Crippen LogP contribution in [0.15, 0.2) is 0 Å². The fourth-order valence-electron chi connectivity index (χ4n) is 3.17. The summed E-state index contributed by atoms with van der Waals surface area (Å²) in [6.07, 6.45) is 0.458. The highest BCUT2D eigenvalue weighted by Gasteiger charge is 2.53. The first-order valence-electron chi connectivity index (χ1n) is 5.43. The van der Waals surface area contributed by atoms with Crippen LogP contribution in [-0.4, -0.2) is 34.7 Å². The second kappa shape index (κ2) is 3.89. The molecular weight excluding hydrogens is 246 g/mol. The molecule has 0 atom stereocenters. The van der Waals surface area contributed by atoms with Gasteiger partial charge in [-0.3, -0.25) is 4.55 Å². The Kier molecular flexibility index (Phi) is 3.40. The Bertz CT molecular complexity index is 383. The van der Waals surface area contributed by atoms with Crippen molar-refractivity contribution in [3.8, 4) is 0 Å². The standard InChI is InChI=1S/C10H20NO5S/c1-8(2)6-10(5,16-17(13,14)15)7-9(3,4)11(8)12/h6-7H2,1-5H3,(H,13,14,15). The highest BCUT2D eigenvalue weighted by molar-refractivity contribution is 7.80. The topological polar surface area (TPSA) is 86.7 Å². The van der Waals surface area contributed by atoms with Crippen molar-refractivity contribution >= 4 is 10.4 Å². The first kappa shape index (κ1) is 14.8. The summed E-state index contributed by atoms with van der Waals surface area (Å²) < 4.78 is 35.2. The van der Waals surface area contributed by atoms with Crippen molar-refractivity contribution < 1.29 is 22.4 Å². The monoisotopic (exact) mass is 266 g/mol. The Morgan fingerprint density at radius 1 is 1.06 bits per heavy atom. The lowest BCUT2D eigenvalue weighted by Gasteiger charge is -2.53. The molecule has 0 amide bonds. The molecule has 7 heteroatoms. The summed E-state index contributed by atoms with van der Waals surface area (Å²) in [7, 11) is -4.52. The summed E-state index contributed by atoms with van der Waals surface area (Å²) in [4.78, 5) is 0. The van der Waals surface area contributed by atoms with E-state index in [-0.39, 0.29) is 12.8 Å². The molecule has 0 aromatic rings. The summed E-state index contributed by atoms with van der Waals surface area (Å²) in [6, 6.07) is 0. The van der Waals surface area contributed by atoms with Crippen LogP contribution in [0, 0.1) is 0 Å². The van der Waals surface area contributed by atoms with Gasteiger partial charge in [0.15, 0.2) is 0 Å². The third-order valence-electron chi connectivity index (χ3n) is 3.02. The van der Waals surface area contributed by atoms with Crippen molar-refractivity contribution in [2.75, 3.05) is 0 Å². The molecule has 1 aliphatic heterocycles. The van der Waals surface area contributed by atoms with Gasteiger partial charge in [-0.2, -0.15) is 8.42 Å². The third kappa shape index (κ3) is 3.38. The first-order chi connectivity index (χ1) is 7.28. The van der Waals surface area contributed by atoms with Gasteiger partial charge in [0.25, 0.3) is 0 Å². The molecule has 0 unspecified atom stereocenters. The Balaban J connectivity index is 3.06. The average molecular weight is 266 g/mol. The largest absolute Gasteiger partial charge is 0.397 e. The van der Waals surface area contributed by atoms with Crippen LogP contribution < -0.4 is 0 Å². The van der Waals surface area contributed by atoms with E-state index in [1.165, 1.54) is 0 Å². The SMILES string of the molecule is CC1(OS(=O)(=O)O)CC(C)(C)N([O])C(C)(C)C1. The maximum Gasteiger partial charge on any atom is 0.397 e. The third-order valence-corrected chi connectivity index (χ3v) is 3.63. The van der Waals surface area contributed by atoms with Crippen molar-refractivity contribution in [3.05, 3.63) is 0 Å². The molecule has 1 heterocycles. The molecule has 1 radical (unpaired) electrons. The Labute approximate surface area is 102 Å². The summed E-state index contributed by atoms with van der Waals surface area (Å²) in [5.74, 6) is 0. The van der Waals surface area contributed by atoms with Gasteiger partial charge in [-0.05, 0) is 47.5 Å². The molecule has 0 aliphatic carbocycles. The van der Waals surface area contributed by atoms with E-state index in [0.29, 0.717) is 0 Å². The van der Waals surface area contributed by atoms with E-state index in [1.54, 1.807) is 34.6 Å². The Morgan fingerprint density at radius 3 is 1.71 bits per heavy atom. The van der Waals surface area contributed by atoms with Crippen LogP contribution in [0.25, 0.3) is 0 Å². The number of nitrogens with zero attached hydrogens (tertiary/aromatic N) is 1. The Hall–Kier alpha value is -0.210. The molecule has 1 rings (SSSR count). The van der Waals surface area contributed by atoms with Crippen molar-refractivity contribution in [2.45, 2.75) is 64.1 Å². The Morgan fingerprint density at radius 2 is 1.41 bits per heavy atom. The smallest absolute Gasteiger partial charge is 0.264 e. The minimum atomic E-state index is -4.52. The lowest BCUT2D eigenvalue weighted by molar-refractivity contribution is -0.307. The maximum absolute atomic E-state index is 12.1. The van der Waals surface area contributed by atoms with Gasteiger partial charge in [-0.1, -0.05) is 0 Å². The zero-order chi connectivity index (χ0) is 13.7. The number of hydrogen-bond donors (Lipinski definition) is 1. The molecular formula is C10H20NO5S. The van der Waals surface area contributed by atoms with Crippen LogP contribution in [0.4, 0.5) is 0 Å². The van der Waals surface area contributed by atoms with Gasteiger partial charge in [0.05, 0.1) is 5.60 Å². The van der Waals surface area contributed by atoms with Crippen LogP contribution in [0.3, 0.4) is 0 Å². The lowest BCUT2D eigenvalue weighted by atomic mass is 9.73. The maximum atomic E-state index is 12.1. The summed E-state index contributed by atoms with van der Waals surface area (Å²) in [6.45, 7) is 8.51.